The lowest BCUT2D eigenvalue weighted by molar-refractivity contribution is 0.0998. The molecule has 0 spiro atoms. The lowest BCUT2D eigenvalue weighted by Gasteiger charge is -2.08. The smallest absolute Gasteiger partial charge is 0.253 e. The number of fused-ring (bicyclic) bond motifs is 1. The highest BCUT2D eigenvalue weighted by Gasteiger charge is 2.33. The van der Waals surface area contributed by atoms with E-state index in [9.17, 15) is 4.79 Å². The lowest BCUT2D eigenvalue weighted by atomic mass is 10.1. The fourth-order valence-corrected chi connectivity index (χ4v) is 2.36. The van der Waals surface area contributed by atoms with Crippen molar-refractivity contribution in [3.05, 3.63) is 34.4 Å². The predicted octanol–water partition coefficient (Wildman–Crippen LogP) is 4.48. The van der Waals surface area contributed by atoms with Crippen LogP contribution in [0.25, 0.3) is 10.9 Å². The van der Waals surface area contributed by atoms with Crippen LogP contribution in [0, 0.1) is 0 Å². The van der Waals surface area contributed by atoms with Gasteiger partial charge in [0, 0.05) is 27.1 Å². The summed E-state index contributed by atoms with van der Waals surface area (Å²) in [5, 5.41) is 0.721. The minimum atomic E-state index is -1.94. The van der Waals surface area contributed by atoms with Gasteiger partial charge in [-0.1, -0.05) is 56.8 Å². The summed E-state index contributed by atoms with van der Waals surface area (Å²) in [4.78, 5) is 14.8. The van der Waals surface area contributed by atoms with Gasteiger partial charge < -0.3 is 4.98 Å². The van der Waals surface area contributed by atoms with Crippen LogP contribution in [0.15, 0.2) is 28.9 Å². The maximum Gasteiger partial charge on any atom is 0.253 e. The van der Waals surface area contributed by atoms with Gasteiger partial charge in [0.2, 0.25) is 5.78 Å². The molecule has 0 aliphatic carbocycles. The number of ketones is 1. The second-order valence-corrected chi connectivity index (χ2v) is 6.33. The quantitative estimate of drug-likeness (QED) is 0.602. The van der Waals surface area contributed by atoms with Gasteiger partial charge in [0.05, 0.1) is 0 Å². The molecule has 0 saturated carbocycles. The number of hydrogen-bond donors (Lipinski definition) is 1. The fourth-order valence-electron chi connectivity index (χ4n) is 1.47. The Hall–Kier alpha value is -0.220. The number of rotatable bonds is 1. The Kier molecular flexibility index (Phi) is 3.23. The molecule has 1 aromatic heterocycles. The molecule has 16 heavy (non-hydrogen) atoms. The Morgan fingerprint density at radius 2 is 2.00 bits per heavy atom. The van der Waals surface area contributed by atoms with Crippen molar-refractivity contribution >= 4 is 67.4 Å². The van der Waals surface area contributed by atoms with E-state index in [1.165, 1.54) is 0 Å². The highest BCUT2D eigenvalue weighted by molar-refractivity contribution is 9.10. The standard InChI is InChI=1S/C10H5BrCl3NO/c11-6-2-1-3-7-8(6)5(4-15-7)9(16)10(12,13)14/h1-4,15H. The zero-order valence-electron chi connectivity index (χ0n) is 7.73. The fraction of sp³-hybridized carbons (Fsp3) is 0.100. The van der Waals surface area contributed by atoms with Crippen LogP contribution < -0.4 is 0 Å². The first-order chi connectivity index (χ1) is 7.41. The summed E-state index contributed by atoms with van der Waals surface area (Å²) in [5.74, 6) is -0.546. The van der Waals surface area contributed by atoms with Gasteiger partial charge in [-0.15, -0.1) is 0 Å². The number of alkyl halides is 3. The Morgan fingerprint density at radius 1 is 1.31 bits per heavy atom. The molecule has 6 heteroatoms. The minimum Gasteiger partial charge on any atom is -0.360 e. The van der Waals surface area contributed by atoms with Crippen LogP contribution in [-0.2, 0) is 0 Å². The van der Waals surface area contributed by atoms with E-state index >= 15 is 0 Å². The Labute approximate surface area is 115 Å². The van der Waals surface area contributed by atoms with E-state index in [4.69, 9.17) is 34.8 Å². The molecular formula is C10H5BrCl3NO. The van der Waals surface area contributed by atoms with Gasteiger partial charge in [0.1, 0.15) is 0 Å². The van der Waals surface area contributed by atoms with E-state index in [1.54, 1.807) is 6.20 Å². The minimum absolute atomic E-state index is 0.363. The number of aromatic amines is 1. The van der Waals surface area contributed by atoms with Crippen molar-refractivity contribution in [3.8, 4) is 0 Å². The second kappa shape index (κ2) is 4.22. The van der Waals surface area contributed by atoms with Crippen molar-refractivity contribution < 1.29 is 4.79 Å². The van der Waals surface area contributed by atoms with E-state index < -0.39 is 9.58 Å². The summed E-state index contributed by atoms with van der Waals surface area (Å²) in [7, 11) is 0. The summed E-state index contributed by atoms with van der Waals surface area (Å²) in [6.07, 6.45) is 1.54. The predicted molar refractivity (Wildman–Crippen MR) is 70.6 cm³/mol. The number of Topliss-reactive ketones (excluding diaryl/α,β-unsaturated/α-hetero) is 1. The van der Waals surface area contributed by atoms with Crippen molar-refractivity contribution in [1.82, 2.24) is 4.98 Å². The molecular weight excluding hydrogens is 336 g/mol. The molecule has 1 aromatic carbocycles. The number of carbonyl (C=O) groups is 1. The molecule has 0 atom stereocenters. The molecule has 1 heterocycles. The first kappa shape index (κ1) is 12.2. The lowest BCUT2D eigenvalue weighted by Crippen LogP contribution is -2.18. The van der Waals surface area contributed by atoms with E-state index in [-0.39, 0.29) is 0 Å². The molecule has 2 nitrogen and oxygen atoms in total. The highest BCUT2D eigenvalue weighted by Crippen LogP contribution is 2.35. The molecule has 0 fully saturated rings. The van der Waals surface area contributed by atoms with Crippen molar-refractivity contribution in [2.24, 2.45) is 0 Å². The Balaban J connectivity index is 2.67. The van der Waals surface area contributed by atoms with Crippen molar-refractivity contribution in [2.75, 3.05) is 0 Å². The molecule has 84 valence electrons. The third-order valence-electron chi connectivity index (χ3n) is 2.16. The average molecular weight is 341 g/mol. The largest absolute Gasteiger partial charge is 0.360 e. The van der Waals surface area contributed by atoms with Crippen LogP contribution in [0.5, 0.6) is 0 Å². The van der Waals surface area contributed by atoms with Crippen molar-refractivity contribution in [1.29, 1.82) is 0 Å². The van der Waals surface area contributed by atoms with Gasteiger partial charge in [0.15, 0.2) is 0 Å². The Morgan fingerprint density at radius 3 is 2.62 bits per heavy atom. The Bertz CT molecular complexity index is 559. The van der Waals surface area contributed by atoms with Crippen LogP contribution in [0.2, 0.25) is 0 Å². The number of benzene rings is 1. The second-order valence-electron chi connectivity index (χ2n) is 3.19. The van der Waals surface area contributed by atoms with Crippen LogP contribution in [0.3, 0.4) is 0 Å². The number of H-pyrrole nitrogens is 1. The third-order valence-corrected chi connectivity index (χ3v) is 3.33. The van der Waals surface area contributed by atoms with Gasteiger partial charge in [0.25, 0.3) is 3.79 Å². The SMILES string of the molecule is O=C(c1c[nH]c2cccc(Br)c12)C(Cl)(Cl)Cl. The van der Waals surface area contributed by atoms with Crippen molar-refractivity contribution in [2.45, 2.75) is 3.79 Å². The summed E-state index contributed by atoms with van der Waals surface area (Å²) in [5.41, 5.74) is 1.18. The summed E-state index contributed by atoms with van der Waals surface area (Å²) in [6.45, 7) is 0. The average Bonchev–Trinajstić information content (AvgIpc) is 2.60. The van der Waals surface area contributed by atoms with E-state index in [2.05, 4.69) is 20.9 Å². The number of aromatic nitrogens is 1. The van der Waals surface area contributed by atoms with E-state index in [0.29, 0.717) is 5.56 Å². The molecule has 1 N–H and O–H groups in total. The molecule has 0 bridgehead atoms. The van der Waals surface area contributed by atoms with Gasteiger partial charge in [-0.05, 0) is 12.1 Å². The molecule has 0 radical (unpaired) electrons. The van der Waals surface area contributed by atoms with E-state index in [0.717, 1.165) is 15.4 Å². The highest BCUT2D eigenvalue weighted by atomic mass is 79.9. The summed E-state index contributed by atoms with van der Waals surface area (Å²) in [6, 6.07) is 5.52. The first-order valence-electron chi connectivity index (χ1n) is 4.28. The molecule has 0 saturated heterocycles. The molecule has 2 rings (SSSR count). The zero-order valence-corrected chi connectivity index (χ0v) is 11.6. The maximum atomic E-state index is 11.9. The first-order valence-corrected chi connectivity index (χ1v) is 6.21. The number of hydrogen-bond acceptors (Lipinski definition) is 1. The summed E-state index contributed by atoms with van der Waals surface area (Å²) < 4.78 is -1.16. The van der Waals surface area contributed by atoms with Crippen LogP contribution in [-0.4, -0.2) is 14.6 Å². The van der Waals surface area contributed by atoms with Gasteiger partial charge in [-0.25, -0.2) is 0 Å². The number of nitrogens with one attached hydrogen (secondary N) is 1. The molecule has 0 amide bonds. The van der Waals surface area contributed by atoms with E-state index in [1.807, 2.05) is 18.2 Å². The van der Waals surface area contributed by atoms with Gasteiger partial charge in [-0.3, -0.25) is 4.79 Å². The van der Waals surface area contributed by atoms with Crippen LogP contribution >= 0.6 is 50.7 Å². The monoisotopic (exact) mass is 339 g/mol. The normalized spacial score (nSPS) is 12.0. The van der Waals surface area contributed by atoms with Crippen LogP contribution in [0.1, 0.15) is 10.4 Å². The maximum absolute atomic E-state index is 11.9. The van der Waals surface area contributed by atoms with Gasteiger partial charge >= 0.3 is 0 Å². The zero-order chi connectivity index (χ0) is 11.9. The topological polar surface area (TPSA) is 32.9 Å². The molecule has 0 unspecified atom stereocenters. The number of carbonyl (C=O) groups excluding carboxylic acids is 1. The molecule has 2 aromatic rings. The van der Waals surface area contributed by atoms with Crippen LogP contribution in [0.4, 0.5) is 0 Å². The number of halogens is 4. The van der Waals surface area contributed by atoms with Gasteiger partial charge in [-0.2, -0.15) is 0 Å². The molecule has 0 aliphatic rings. The molecule has 0 aliphatic heterocycles. The summed E-state index contributed by atoms with van der Waals surface area (Å²) >= 11 is 20.1. The third kappa shape index (κ3) is 2.09. The van der Waals surface area contributed by atoms with Crippen molar-refractivity contribution in [3.63, 3.8) is 0 Å².